The number of hydrogen-bond acceptors (Lipinski definition) is 5. The van der Waals surface area contributed by atoms with Crippen molar-refractivity contribution < 1.29 is 9.32 Å². The summed E-state index contributed by atoms with van der Waals surface area (Å²) in [6, 6.07) is 9.76. The second-order valence-electron chi connectivity index (χ2n) is 7.77. The van der Waals surface area contributed by atoms with Gasteiger partial charge in [-0.3, -0.25) is 4.79 Å². The Morgan fingerprint density at radius 1 is 1.16 bits per heavy atom. The lowest BCUT2D eigenvalue weighted by molar-refractivity contribution is -0.116. The molecule has 1 amide bonds. The van der Waals surface area contributed by atoms with Crippen molar-refractivity contribution in [3.05, 3.63) is 47.3 Å². The number of hydrogen-bond donors (Lipinski definition) is 3. The van der Waals surface area contributed by atoms with Crippen LogP contribution in [0.1, 0.15) is 56.5 Å². The highest BCUT2D eigenvalue weighted by atomic mass is 127. The van der Waals surface area contributed by atoms with E-state index >= 15 is 0 Å². The number of benzene rings is 1. The molecule has 0 unspecified atom stereocenters. The Labute approximate surface area is 208 Å². The zero-order valence-corrected chi connectivity index (χ0v) is 22.1. The number of likely N-dealkylation sites (N-methyl/N-ethyl adjacent to an activating group) is 1. The van der Waals surface area contributed by atoms with E-state index in [0.29, 0.717) is 31.5 Å². The van der Waals surface area contributed by atoms with Crippen molar-refractivity contribution in [3.8, 4) is 0 Å². The molecule has 1 aromatic carbocycles. The van der Waals surface area contributed by atoms with Crippen molar-refractivity contribution in [1.29, 1.82) is 0 Å². The van der Waals surface area contributed by atoms with Crippen LogP contribution in [-0.2, 0) is 17.9 Å². The van der Waals surface area contributed by atoms with Gasteiger partial charge in [0.25, 0.3) is 0 Å². The Morgan fingerprint density at radius 3 is 2.56 bits per heavy atom. The predicted molar refractivity (Wildman–Crippen MR) is 141 cm³/mol. The Hall–Kier alpha value is -2.14. The Bertz CT molecular complexity index is 849. The Kier molecular flexibility index (Phi) is 12.9. The maximum absolute atomic E-state index is 12.0. The third-order valence-electron chi connectivity index (χ3n) is 4.85. The van der Waals surface area contributed by atoms with Crippen LogP contribution in [-0.4, -0.2) is 49.1 Å². The fourth-order valence-corrected chi connectivity index (χ4v) is 3.23. The molecule has 0 bridgehead atoms. The summed E-state index contributed by atoms with van der Waals surface area (Å²) in [6.07, 6.45) is 2.10. The number of nitrogens with zero attached hydrogens (tertiary/aromatic N) is 3. The van der Waals surface area contributed by atoms with Crippen LogP contribution in [0, 0.1) is 0 Å². The molecule has 3 N–H and O–H groups in total. The average molecular weight is 556 g/mol. The Morgan fingerprint density at radius 2 is 1.91 bits per heavy atom. The number of rotatable bonds is 11. The normalized spacial score (nSPS) is 11.4. The molecule has 2 rings (SSSR count). The van der Waals surface area contributed by atoms with Crippen molar-refractivity contribution in [3.63, 3.8) is 0 Å². The van der Waals surface area contributed by atoms with Gasteiger partial charge < -0.3 is 25.4 Å². The highest BCUT2D eigenvalue weighted by Crippen LogP contribution is 2.22. The lowest BCUT2D eigenvalue weighted by Gasteiger charge is -2.12. The number of aliphatic imine (C=N–C) groups is 1. The summed E-state index contributed by atoms with van der Waals surface area (Å²) in [7, 11) is 3.73. The van der Waals surface area contributed by atoms with Gasteiger partial charge in [0.05, 0.1) is 25.3 Å². The number of carbonyl (C=O) groups is 1. The van der Waals surface area contributed by atoms with Crippen LogP contribution in [0.3, 0.4) is 0 Å². The van der Waals surface area contributed by atoms with Crippen molar-refractivity contribution in [2.24, 2.45) is 4.99 Å². The molecule has 2 aromatic rings. The van der Waals surface area contributed by atoms with Gasteiger partial charge in [-0.1, -0.05) is 31.1 Å². The molecule has 32 heavy (non-hydrogen) atoms. The van der Waals surface area contributed by atoms with Crippen molar-refractivity contribution in [2.75, 3.05) is 32.5 Å². The molecule has 0 atom stereocenters. The predicted octanol–water partition coefficient (Wildman–Crippen LogP) is 3.95. The molecular formula is C23H37IN6O2. The van der Waals surface area contributed by atoms with E-state index in [1.807, 2.05) is 56.3 Å². The standard InChI is InChI=1S/C23H36N6O2.HI/c1-6-18(7-2)21-13-20(31-28-21)15-26-23(24-8-3)25-14-17-10-9-11-19(12-17)27-22(30)16-29(4)5;/h9-13,18H,6-8,14-16H2,1-5H3,(H,27,30)(H2,24,25,26);1H. The first-order chi connectivity index (χ1) is 14.9. The number of nitrogens with one attached hydrogen (secondary N) is 3. The van der Waals surface area contributed by atoms with Gasteiger partial charge in [-0.05, 0) is 51.6 Å². The quantitative estimate of drug-likeness (QED) is 0.221. The molecule has 178 valence electrons. The van der Waals surface area contributed by atoms with E-state index in [9.17, 15) is 4.79 Å². The third kappa shape index (κ3) is 9.56. The number of guanidine groups is 1. The molecule has 0 saturated carbocycles. The summed E-state index contributed by atoms with van der Waals surface area (Å²) in [6.45, 7) is 8.46. The van der Waals surface area contributed by atoms with Gasteiger partial charge in [0.15, 0.2) is 11.7 Å². The number of halogens is 1. The summed E-state index contributed by atoms with van der Waals surface area (Å²) in [5.74, 6) is 1.88. The molecule has 0 spiro atoms. The average Bonchev–Trinajstić information content (AvgIpc) is 3.19. The van der Waals surface area contributed by atoms with Crippen molar-refractivity contribution in [1.82, 2.24) is 20.7 Å². The SMILES string of the molecule is CCNC(=NCc1cccc(NC(=O)CN(C)C)c1)NCc1cc(C(CC)CC)no1.I. The summed E-state index contributed by atoms with van der Waals surface area (Å²) in [4.78, 5) is 18.5. The van der Waals surface area contributed by atoms with E-state index in [1.165, 1.54) is 0 Å². The maximum atomic E-state index is 12.0. The zero-order chi connectivity index (χ0) is 22.6. The van der Waals surface area contributed by atoms with Crippen LogP contribution in [0.4, 0.5) is 5.69 Å². The van der Waals surface area contributed by atoms with Gasteiger partial charge in [-0.25, -0.2) is 4.99 Å². The first kappa shape index (κ1) is 27.9. The summed E-state index contributed by atoms with van der Waals surface area (Å²) < 4.78 is 5.48. The summed E-state index contributed by atoms with van der Waals surface area (Å²) in [5.41, 5.74) is 2.79. The van der Waals surface area contributed by atoms with Gasteiger partial charge >= 0.3 is 0 Å². The highest BCUT2D eigenvalue weighted by molar-refractivity contribution is 14.0. The molecule has 8 nitrogen and oxygen atoms in total. The minimum absolute atomic E-state index is 0. The van der Waals surface area contributed by atoms with E-state index in [-0.39, 0.29) is 29.9 Å². The number of aromatic nitrogens is 1. The van der Waals surface area contributed by atoms with E-state index in [4.69, 9.17) is 4.52 Å². The van der Waals surface area contributed by atoms with Crippen LogP contribution in [0.25, 0.3) is 0 Å². The lowest BCUT2D eigenvalue weighted by Crippen LogP contribution is -2.36. The Balaban J connectivity index is 0.00000512. The summed E-state index contributed by atoms with van der Waals surface area (Å²) >= 11 is 0. The molecule has 0 aliphatic heterocycles. The van der Waals surface area contributed by atoms with Crippen molar-refractivity contribution >= 4 is 41.5 Å². The van der Waals surface area contributed by atoms with Crippen molar-refractivity contribution in [2.45, 2.75) is 52.6 Å². The van der Waals surface area contributed by atoms with Crippen LogP contribution < -0.4 is 16.0 Å². The second-order valence-corrected chi connectivity index (χ2v) is 7.77. The van der Waals surface area contributed by atoms with E-state index < -0.39 is 0 Å². The topological polar surface area (TPSA) is 94.8 Å². The minimum atomic E-state index is -0.0412. The van der Waals surface area contributed by atoms with Crippen LogP contribution in [0.2, 0.25) is 0 Å². The van der Waals surface area contributed by atoms with E-state index in [1.54, 1.807) is 0 Å². The summed E-state index contributed by atoms with van der Waals surface area (Å²) in [5, 5.41) is 13.7. The largest absolute Gasteiger partial charge is 0.359 e. The molecule has 9 heteroatoms. The molecular weight excluding hydrogens is 519 g/mol. The van der Waals surface area contributed by atoms with E-state index in [0.717, 1.165) is 42.1 Å². The van der Waals surface area contributed by atoms with Gasteiger partial charge in [-0.2, -0.15) is 0 Å². The zero-order valence-electron chi connectivity index (χ0n) is 19.8. The third-order valence-corrected chi connectivity index (χ3v) is 4.85. The smallest absolute Gasteiger partial charge is 0.238 e. The first-order valence-electron chi connectivity index (χ1n) is 11.0. The van der Waals surface area contributed by atoms with Gasteiger partial charge in [0.1, 0.15) is 0 Å². The van der Waals surface area contributed by atoms with E-state index in [2.05, 4.69) is 39.9 Å². The van der Waals surface area contributed by atoms with Crippen LogP contribution in [0.5, 0.6) is 0 Å². The molecule has 1 heterocycles. The molecule has 0 fully saturated rings. The van der Waals surface area contributed by atoms with Gasteiger partial charge in [0.2, 0.25) is 5.91 Å². The fourth-order valence-electron chi connectivity index (χ4n) is 3.23. The van der Waals surface area contributed by atoms with Gasteiger partial charge in [-0.15, -0.1) is 24.0 Å². The lowest BCUT2D eigenvalue weighted by atomic mass is 9.99. The number of anilines is 1. The first-order valence-corrected chi connectivity index (χ1v) is 11.0. The number of amides is 1. The second kappa shape index (κ2) is 14.8. The minimum Gasteiger partial charge on any atom is -0.359 e. The van der Waals surface area contributed by atoms with Crippen LogP contribution >= 0.6 is 24.0 Å². The molecule has 0 radical (unpaired) electrons. The van der Waals surface area contributed by atoms with Gasteiger partial charge in [0, 0.05) is 24.2 Å². The number of carbonyl (C=O) groups excluding carboxylic acids is 1. The van der Waals surface area contributed by atoms with Crippen LogP contribution in [0.15, 0.2) is 39.8 Å². The fraction of sp³-hybridized carbons (Fsp3) is 0.522. The molecule has 0 aliphatic carbocycles. The monoisotopic (exact) mass is 556 g/mol. The highest BCUT2D eigenvalue weighted by Gasteiger charge is 2.13. The maximum Gasteiger partial charge on any atom is 0.238 e. The molecule has 0 saturated heterocycles. The molecule has 0 aliphatic rings. The molecule has 1 aromatic heterocycles.